The SMILES string of the molecule is CCOc1ccc(C2CCCC(C(F)(F)F)N2)cc1. The normalized spacial score (nSPS) is 24.2. The molecule has 0 amide bonds. The van der Waals surface area contributed by atoms with Gasteiger partial charge in [-0.3, -0.25) is 5.32 Å². The van der Waals surface area contributed by atoms with Gasteiger partial charge in [0.1, 0.15) is 11.8 Å². The molecule has 106 valence electrons. The Morgan fingerprint density at radius 1 is 1.21 bits per heavy atom. The minimum absolute atomic E-state index is 0.164. The fourth-order valence-corrected chi connectivity index (χ4v) is 2.42. The number of nitrogens with one attached hydrogen (secondary N) is 1. The number of hydrogen-bond acceptors (Lipinski definition) is 2. The predicted octanol–water partition coefficient (Wildman–Crippen LogP) is 3.83. The minimum atomic E-state index is -4.16. The second-order valence-corrected chi connectivity index (χ2v) is 4.75. The molecule has 1 saturated heterocycles. The zero-order chi connectivity index (χ0) is 13.9. The van der Waals surface area contributed by atoms with Gasteiger partial charge in [0.15, 0.2) is 0 Å². The van der Waals surface area contributed by atoms with E-state index < -0.39 is 12.2 Å². The lowest BCUT2D eigenvalue weighted by molar-refractivity contribution is -0.163. The Morgan fingerprint density at radius 2 is 1.89 bits per heavy atom. The molecule has 5 heteroatoms. The van der Waals surface area contributed by atoms with Crippen LogP contribution in [-0.4, -0.2) is 18.8 Å². The van der Waals surface area contributed by atoms with Crippen molar-refractivity contribution in [1.29, 1.82) is 0 Å². The molecule has 1 aromatic carbocycles. The maximum atomic E-state index is 12.7. The number of benzene rings is 1. The second kappa shape index (κ2) is 5.82. The molecule has 1 heterocycles. The molecule has 1 aromatic rings. The molecule has 2 atom stereocenters. The van der Waals surface area contributed by atoms with Crippen LogP contribution in [0.3, 0.4) is 0 Å². The van der Waals surface area contributed by atoms with E-state index in [1.807, 2.05) is 19.1 Å². The van der Waals surface area contributed by atoms with Crippen molar-refractivity contribution < 1.29 is 17.9 Å². The van der Waals surface area contributed by atoms with E-state index in [0.717, 1.165) is 17.7 Å². The average Bonchev–Trinajstić information content (AvgIpc) is 2.39. The lowest BCUT2D eigenvalue weighted by Gasteiger charge is -2.32. The van der Waals surface area contributed by atoms with Crippen LogP contribution < -0.4 is 10.1 Å². The first kappa shape index (κ1) is 14.2. The molecule has 0 radical (unpaired) electrons. The van der Waals surface area contributed by atoms with Gasteiger partial charge in [0.25, 0.3) is 0 Å². The van der Waals surface area contributed by atoms with E-state index in [2.05, 4.69) is 5.32 Å². The zero-order valence-electron chi connectivity index (χ0n) is 10.8. The molecule has 19 heavy (non-hydrogen) atoms. The highest BCUT2D eigenvalue weighted by atomic mass is 19.4. The van der Waals surface area contributed by atoms with E-state index in [-0.39, 0.29) is 12.5 Å². The van der Waals surface area contributed by atoms with Gasteiger partial charge >= 0.3 is 6.18 Å². The van der Waals surface area contributed by atoms with Gasteiger partial charge in [0.2, 0.25) is 0 Å². The fourth-order valence-electron chi connectivity index (χ4n) is 2.42. The molecule has 1 N–H and O–H groups in total. The minimum Gasteiger partial charge on any atom is -0.494 e. The van der Waals surface area contributed by atoms with Crippen molar-refractivity contribution in [2.75, 3.05) is 6.61 Å². The Hall–Kier alpha value is -1.23. The van der Waals surface area contributed by atoms with Crippen LogP contribution in [0.4, 0.5) is 13.2 Å². The van der Waals surface area contributed by atoms with Crippen molar-refractivity contribution in [3.05, 3.63) is 29.8 Å². The molecule has 0 saturated carbocycles. The van der Waals surface area contributed by atoms with Crippen molar-refractivity contribution in [3.63, 3.8) is 0 Å². The lowest BCUT2D eigenvalue weighted by Crippen LogP contribution is -2.46. The van der Waals surface area contributed by atoms with Gasteiger partial charge in [-0.25, -0.2) is 0 Å². The maximum absolute atomic E-state index is 12.7. The average molecular weight is 273 g/mol. The first-order valence-electron chi connectivity index (χ1n) is 6.56. The highest BCUT2D eigenvalue weighted by Crippen LogP contribution is 2.33. The predicted molar refractivity (Wildman–Crippen MR) is 67.2 cm³/mol. The summed E-state index contributed by atoms with van der Waals surface area (Å²) in [7, 11) is 0. The summed E-state index contributed by atoms with van der Waals surface area (Å²) in [5, 5.41) is 2.70. The number of piperidine rings is 1. The van der Waals surface area contributed by atoms with Crippen molar-refractivity contribution in [1.82, 2.24) is 5.32 Å². The highest BCUT2D eigenvalue weighted by molar-refractivity contribution is 5.29. The first-order chi connectivity index (χ1) is 9.00. The first-order valence-corrected chi connectivity index (χ1v) is 6.56. The van der Waals surface area contributed by atoms with Gasteiger partial charge in [-0.1, -0.05) is 12.1 Å². The van der Waals surface area contributed by atoms with Crippen LogP contribution in [0, 0.1) is 0 Å². The molecule has 0 spiro atoms. The van der Waals surface area contributed by atoms with E-state index >= 15 is 0 Å². The second-order valence-electron chi connectivity index (χ2n) is 4.75. The van der Waals surface area contributed by atoms with Gasteiger partial charge in [-0.15, -0.1) is 0 Å². The summed E-state index contributed by atoms with van der Waals surface area (Å²) in [5.41, 5.74) is 0.886. The lowest BCUT2D eigenvalue weighted by atomic mass is 9.93. The summed E-state index contributed by atoms with van der Waals surface area (Å²) < 4.78 is 43.5. The topological polar surface area (TPSA) is 21.3 Å². The van der Waals surface area contributed by atoms with Crippen molar-refractivity contribution in [2.45, 2.75) is 44.4 Å². The van der Waals surface area contributed by atoms with Gasteiger partial charge < -0.3 is 4.74 Å². The number of alkyl halides is 3. The molecule has 0 aromatic heterocycles. The number of rotatable bonds is 3. The van der Waals surface area contributed by atoms with Crippen LogP contribution >= 0.6 is 0 Å². The molecule has 2 rings (SSSR count). The number of hydrogen-bond donors (Lipinski definition) is 1. The van der Waals surface area contributed by atoms with Crippen LogP contribution in [0.15, 0.2) is 24.3 Å². The Kier molecular flexibility index (Phi) is 4.34. The van der Waals surface area contributed by atoms with Crippen molar-refractivity contribution in [2.24, 2.45) is 0 Å². The van der Waals surface area contributed by atoms with Crippen LogP contribution in [0.2, 0.25) is 0 Å². The van der Waals surface area contributed by atoms with Crippen molar-refractivity contribution in [3.8, 4) is 5.75 Å². The van der Waals surface area contributed by atoms with Crippen LogP contribution in [0.1, 0.15) is 37.8 Å². The molecule has 1 aliphatic rings. The molecular formula is C14H18F3NO. The van der Waals surface area contributed by atoms with Gasteiger partial charge in [-0.2, -0.15) is 13.2 Å². The van der Waals surface area contributed by atoms with Crippen molar-refractivity contribution >= 4 is 0 Å². The van der Waals surface area contributed by atoms with E-state index in [0.29, 0.717) is 13.0 Å². The summed E-state index contributed by atoms with van der Waals surface area (Å²) >= 11 is 0. The number of halogens is 3. The number of ether oxygens (including phenoxy) is 1. The van der Waals surface area contributed by atoms with Crippen LogP contribution in [-0.2, 0) is 0 Å². The summed E-state index contributed by atoms with van der Waals surface area (Å²) in [4.78, 5) is 0. The van der Waals surface area contributed by atoms with Crippen LogP contribution in [0.5, 0.6) is 5.75 Å². The third-order valence-corrected chi connectivity index (χ3v) is 3.38. The van der Waals surface area contributed by atoms with Gasteiger partial charge in [0, 0.05) is 6.04 Å². The van der Waals surface area contributed by atoms with E-state index in [4.69, 9.17) is 4.74 Å². The third kappa shape index (κ3) is 3.62. The molecule has 1 fully saturated rings. The zero-order valence-corrected chi connectivity index (χ0v) is 10.8. The Morgan fingerprint density at radius 3 is 2.47 bits per heavy atom. The van der Waals surface area contributed by atoms with E-state index in [9.17, 15) is 13.2 Å². The Labute approximate surface area is 111 Å². The molecule has 0 bridgehead atoms. The summed E-state index contributed by atoms with van der Waals surface area (Å²) in [6, 6.07) is 5.66. The fraction of sp³-hybridized carbons (Fsp3) is 0.571. The molecule has 2 nitrogen and oxygen atoms in total. The molecule has 2 unspecified atom stereocenters. The van der Waals surface area contributed by atoms with E-state index in [1.54, 1.807) is 12.1 Å². The molecular weight excluding hydrogens is 255 g/mol. The highest BCUT2D eigenvalue weighted by Gasteiger charge is 2.42. The summed E-state index contributed by atoms with van der Waals surface area (Å²) in [5.74, 6) is 0.745. The third-order valence-electron chi connectivity index (χ3n) is 3.38. The van der Waals surface area contributed by atoms with Gasteiger partial charge in [-0.05, 0) is 43.9 Å². The maximum Gasteiger partial charge on any atom is 0.403 e. The Balaban J connectivity index is 2.04. The van der Waals surface area contributed by atoms with Gasteiger partial charge in [0.05, 0.1) is 6.61 Å². The summed E-state index contributed by atoms with van der Waals surface area (Å²) in [6.45, 7) is 2.47. The molecule has 0 aliphatic carbocycles. The smallest absolute Gasteiger partial charge is 0.403 e. The monoisotopic (exact) mass is 273 g/mol. The molecule has 1 aliphatic heterocycles. The van der Waals surface area contributed by atoms with E-state index in [1.165, 1.54) is 0 Å². The quantitative estimate of drug-likeness (QED) is 0.903. The standard InChI is InChI=1S/C14H18F3NO/c1-2-19-11-8-6-10(7-9-11)12-4-3-5-13(18-12)14(15,16)17/h6-9,12-13,18H,2-5H2,1H3. The largest absolute Gasteiger partial charge is 0.494 e. The van der Waals surface area contributed by atoms with Crippen LogP contribution in [0.25, 0.3) is 0 Å². The Bertz CT molecular complexity index is 402. The summed E-state index contributed by atoms with van der Waals surface area (Å²) in [6.07, 6.45) is -2.67.